The van der Waals surface area contributed by atoms with Crippen molar-refractivity contribution in [3.8, 4) is 0 Å². The summed E-state index contributed by atoms with van der Waals surface area (Å²) in [6.45, 7) is 1.72. The predicted octanol–water partition coefficient (Wildman–Crippen LogP) is 4.66. The molecule has 0 radical (unpaired) electrons. The average Bonchev–Trinajstić information content (AvgIpc) is 2.46. The van der Waals surface area contributed by atoms with Crippen molar-refractivity contribution in [3.05, 3.63) is 46.3 Å². The second kappa shape index (κ2) is 9.04. The molecular weight excluding hydrogens is 383 g/mol. The van der Waals surface area contributed by atoms with Gasteiger partial charge in [0.2, 0.25) is 0 Å². The minimum absolute atomic E-state index is 0.0997. The van der Waals surface area contributed by atoms with E-state index in [1.807, 2.05) is 0 Å². The predicted molar refractivity (Wildman–Crippen MR) is 76.5 cm³/mol. The summed E-state index contributed by atoms with van der Waals surface area (Å²) in [5.41, 5.74) is 6.34. The number of hydrogen-bond acceptors (Lipinski definition) is 2. The molecule has 0 amide bonds. The van der Waals surface area contributed by atoms with Gasteiger partial charge < -0.3 is 10.8 Å². The van der Waals surface area contributed by atoms with E-state index in [4.69, 9.17) is 27.2 Å². The fourth-order valence-electron chi connectivity index (χ4n) is 1.56. The molecule has 1 rings (SSSR count). The third-order valence-corrected chi connectivity index (χ3v) is 3.20. The number of alkyl halides is 6. The lowest BCUT2D eigenvalue weighted by atomic mass is 9.92. The van der Waals surface area contributed by atoms with Crippen LogP contribution in [0.1, 0.15) is 24.0 Å². The summed E-state index contributed by atoms with van der Waals surface area (Å²) in [7, 11) is 0. The van der Waals surface area contributed by atoms with E-state index in [2.05, 4.69) is 0 Å². The summed E-state index contributed by atoms with van der Waals surface area (Å²) in [5, 5.41) is 7.12. The fourth-order valence-corrected chi connectivity index (χ4v) is 1.83. The molecule has 1 aromatic rings. The first-order chi connectivity index (χ1) is 11.2. The van der Waals surface area contributed by atoms with E-state index in [1.165, 1.54) is 5.54 Å². The number of rotatable bonds is 3. The monoisotopic (exact) mass is 395 g/mol. The van der Waals surface area contributed by atoms with Crippen molar-refractivity contribution in [2.75, 3.05) is 6.54 Å². The van der Waals surface area contributed by atoms with Gasteiger partial charge in [-0.3, -0.25) is 0 Å². The number of hydrogen-bond donors (Lipinski definition) is 2. The van der Waals surface area contributed by atoms with Crippen LogP contribution in [0.2, 0.25) is 0 Å². The number of carboxylic acids is 1. The van der Waals surface area contributed by atoms with E-state index in [9.17, 15) is 30.7 Å². The molecule has 0 aromatic heterocycles. The van der Waals surface area contributed by atoms with E-state index in [-0.39, 0.29) is 12.1 Å². The topological polar surface area (TPSA) is 63.3 Å². The molecule has 1 unspecified atom stereocenters. The molecule has 0 aliphatic carbocycles. The largest absolute Gasteiger partial charge is 0.490 e. The molecule has 0 heterocycles. The smallest absolute Gasteiger partial charge is 0.475 e. The van der Waals surface area contributed by atoms with E-state index < -0.39 is 35.6 Å². The molecular formula is C14H13ClF7NO2. The second-order valence-corrected chi connectivity index (χ2v) is 4.90. The summed E-state index contributed by atoms with van der Waals surface area (Å²) < 4.78 is 82.6. The molecule has 0 aliphatic heterocycles. The first-order valence-electron chi connectivity index (χ1n) is 6.41. The molecule has 1 aromatic carbocycles. The molecule has 0 fully saturated rings. The van der Waals surface area contributed by atoms with Gasteiger partial charge >= 0.3 is 18.3 Å². The number of carbonyl (C=O) groups is 1. The standard InChI is InChI=1S/C12H12ClF4N.C2HF3O2/c1-7(9(5-13)6-18)8-2-10(12(15,16)17)4-11(14)3-8;3-2(4,5)1(6)7/h2-5,7H,6,18H2,1H3;(H,6,7)/b9-5+;. The van der Waals surface area contributed by atoms with Gasteiger partial charge in [-0.15, -0.1) is 0 Å². The van der Waals surface area contributed by atoms with Gasteiger partial charge in [-0.1, -0.05) is 18.5 Å². The molecule has 0 aliphatic rings. The maximum atomic E-state index is 13.2. The molecule has 25 heavy (non-hydrogen) atoms. The molecule has 0 bridgehead atoms. The van der Waals surface area contributed by atoms with Crippen LogP contribution in [0.25, 0.3) is 0 Å². The van der Waals surface area contributed by atoms with Crippen LogP contribution in [-0.4, -0.2) is 23.8 Å². The molecule has 142 valence electrons. The van der Waals surface area contributed by atoms with E-state index in [0.29, 0.717) is 11.6 Å². The summed E-state index contributed by atoms with van der Waals surface area (Å²) in [6.07, 6.45) is -9.66. The van der Waals surface area contributed by atoms with Gasteiger partial charge in [-0.2, -0.15) is 26.3 Å². The maximum absolute atomic E-state index is 13.2. The number of nitrogens with two attached hydrogens (primary N) is 1. The Balaban J connectivity index is 0.000000697. The van der Waals surface area contributed by atoms with Crippen LogP contribution in [-0.2, 0) is 11.0 Å². The van der Waals surface area contributed by atoms with E-state index in [0.717, 1.165) is 12.1 Å². The average molecular weight is 396 g/mol. The van der Waals surface area contributed by atoms with Crippen LogP contribution in [0.3, 0.4) is 0 Å². The van der Waals surface area contributed by atoms with Crippen LogP contribution < -0.4 is 5.73 Å². The molecule has 3 N–H and O–H groups in total. The van der Waals surface area contributed by atoms with Gasteiger partial charge in [0.05, 0.1) is 5.56 Å². The van der Waals surface area contributed by atoms with Gasteiger partial charge in [-0.05, 0) is 29.3 Å². The van der Waals surface area contributed by atoms with Gasteiger partial charge in [0, 0.05) is 18.0 Å². The lowest BCUT2D eigenvalue weighted by Crippen LogP contribution is -2.21. The van der Waals surface area contributed by atoms with Crippen LogP contribution >= 0.6 is 11.6 Å². The Labute approximate surface area is 142 Å². The summed E-state index contributed by atoms with van der Waals surface area (Å²) in [5.74, 6) is -4.16. The minimum Gasteiger partial charge on any atom is -0.475 e. The van der Waals surface area contributed by atoms with Crippen LogP contribution in [0, 0.1) is 5.82 Å². The van der Waals surface area contributed by atoms with Gasteiger partial charge in [-0.25, -0.2) is 9.18 Å². The Morgan fingerprint density at radius 3 is 2.04 bits per heavy atom. The first kappa shape index (κ1) is 23.2. The molecule has 0 saturated heterocycles. The number of carboxylic acid groups (broad SMARTS) is 1. The highest BCUT2D eigenvalue weighted by Gasteiger charge is 2.38. The van der Waals surface area contributed by atoms with Gasteiger partial charge in [0.1, 0.15) is 5.82 Å². The van der Waals surface area contributed by atoms with E-state index >= 15 is 0 Å². The van der Waals surface area contributed by atoms with Crippen molar-refractivity contribution >= 4 is 17.6 Å². The summed E-state index contributed by atoms with van der Waals surface area (Å²) >= 11 is 5.52. The van der Waals surface area contributed by atoms with Crippen molar-refractivity contribution in [1.82, 2.24) is 0 Å². The molecule has 11 heteroatoms. The number of benzene rings is 1. The Morgan fingerprint density at radius 2 is 1.72 bits per heavy atom. The summed E-state index contributed by atoms with van der Waals surface area (Å²) in [6, 6.07) is 2.42. The van der Waals surface area contributed by atoms with Crippen molar-refractivity contribution in [3.63, 3.8) is 0 Å². The van der Waals surface area contributed by atoms with Crippen LogP contribution in [0.15, 0.2) is 29.3 Å². The third kappa shape index (κ3) is 7.74. The Bertz CT molecular complexity index is 627. The Morgan fingerprint density at radius 1 is 1.24 bits per heavy atom. The molecule has 0 spiro atoms. The van der Waals surface area contributed by atoms with Crippen molar-refractivity contribution in [2.24, 2.45) is 5.73 Å². The van der Waals surface area contributed by atoms with Gasteiger partial charge in [0.25, 0.3) is 0 Å². The number of halogens is 8. The zero-order chi connectivity index (χ0) is 20.0. The Hall–Kier alpha value is -1.81. The highest BCUT2D eigenvalue weighted by atomic mass is 35.5. The van der Waals surface area contributed by atoms with Crippen molar-refractivity contribution < 1.29 is 40.6 Å². The molecule has 0 saturated carbocycles. The molecule has 3 nitrogen and oxygen atoms in total. The minimum atomic E-state index is -5.08. The van der Waals surface area contributed by atoms with Crippen LogP contribution in [0.4, 0.5) is 30.7 Å². The Kier molecular flexibility index (Phi) is 8.39. The van der Waals surface area contributed by atoms with Gasteiger partial charge in [0.15, 0.2) is 0 Å². The highest BCUT2D eigenvalue weighted by molar-refractivity contribution is 6.25. The second-order valence-electron chi connectivity index (χ2n) is 4.68. The van der Waals surface area contributed by atoms with Crippen molar-refractivity contribution in [1.29, 1.82) is 0 Å². The normalized spacial score (nSPS) is 13.8. The zero-order valence-corrected chi connectivity index (χ0v) is 13.3. The lowest BCUT2D eigenvalue weighted by Gasteiger charge is -2.16. The third-order valence-electron chi connectivity index (χ3n) is 2.92. The zero-order valence-electron chi connectivity index (χ0n) is 12.6. The maximum Gasteiger partial charge on any atom is 0.490 e. The highest BCUT2D eigenvalue weighted by Crippen LogP contribution is 2.33. The summed E-state index contributed by atoms with van der Waals surface area (Å²) in [4.78, 5) is 8.90. The van der Waals surface area contributed by atoms with E-state index in [1.54, 1.807) is 6.92 Å². The lowest BCUT2D eigenvalue weighted by molar-refractivity contribution is -0.192. The van der Waals surface area contributed by atoms with Crippen molar-refractivity contribution in [2.45, 2.75) is 25.2 Å². The quantitative estimate of drug-likeness (QED) is 0.731. The molecule has 1 atom stereocenters. The SMILES string of the molecule is CC(/C(=C/Cl)CN)c1cc(F)cc(C(F)(F)F)c1.O=C(O)C(F)(F)F. The fraction of sp³-hybridized carbons (Fsp3) is 0.357. The number of aliphatic carboxylic acids is 1. The first-order valence-corrected chi connectivity index (χ1v) is 6.84. The van der Waals surface area contributed by atoms with Crippen LogP contribution in [0.5, 0.6) is 0 Å².